The molecule has 2 nitrogen and oxygen atoms in total. The lowest BCUT2D eigenvalue weighted by Gasteiger charge is -2.17. The van der Waals surface area contributed by atoms with Crippen LogP contribution in [-0.4, -0.2) is 24.4 Å². The summed E-state index contributed by atoms with van der Waals surface area (Å²) in [6.45, 7) is 6.31. The molecule has 0 N–H and O–H groups in total. The molecule has 0 aromatic heterocycles. The minimum atomic E-state index is 0.0365. The average molecular weight is 315 g/mol. The molecule has 0 spiro atoms. The maximum Gasteiger partial charge on any atom is 0.253 e. The molecule has 0 bridgehead atoms. The maximum atomic E-state index is 11.9. The summed E-state index contributed by atoms with van der Waals surface area (Å²) in [6, 6.07) is 7.56. The molecule has 1 aromatic carbocycles. The molecule has 0 saturated carbocycles. The molecule has 0 aliphatic rings. The fraction of sp³-hybridized carbons (Fsp3) is 0.250. The first-order chi connectivity index (χ1) is 7.00. The van der Waals surface area contributed by atoms with E-state index in [4.69, 9.17) is 0 Å². The van der Waals surface area contributed by atoms with Gasteiger partial charge in [0.15, 0.2) is 0 Å². The topological polar surface area (TPSA) is 20.3 Å². The standard InChI is InChI=1S/C12H14INO/c1-9(2)8-14(3)12(15)10-4-6-11(13)7-5-10/h4-7H,1,8H2,2-3H3. The fourth-order valence-electron chi connectivity index (χ4n) is 1.29. The van der Waals surface area contributed by atoms with E-state index in [1.165, 1.54) is 0 Å². The molecule has 0 heterocycles. The zero-order chi connectivity index (χ0) is 11.4. The summed E-state index contributed by atoms with van der Waals surface area (Å²) in [5.74, 6) is 0.0365. The number of likely N-dealkylation sites (N-methyl/N-ethyl adjacent to an activating group) is 1. The molecule has 1 rings (SSSR count). The van der Waals surface area contributed by atoms with Crippen LogP contribution in [0.25, 0.3) is 0 Å². The Balaban J connectivity index is 2.76. The van der Waals surface area contributed by atoms with Gasteiger partial charge in [-0.2, -0.15) is 0 Å². The molecule has 0 atom stereocenters. The van der Waals surface area contributed by atoms with E-state index < -0.39 is 0 Å². The Morgan fingerprint density at radius 1 is 1.40 bits per heavy atom. The largest absolute Gasteiger partial charge is 0.338 e. The number of benzene rings is 1. The lowest BCUT2D eigenvalue weighted by molar-refractivity contribution is 0.0807. The molecule has 0 aliphatic carbocycles. The quantitative estimate of drug-likeness (QED) is 0.620. The van der Waals surface area contributed by atoms with Crippen LogP contribution < -0.4 is 0 Å². The molecule has 0 radical (unpaired) electrons. The average Bonchev–Trinajstić information content (AvgIpc) is 2.17. The Labute approximate surface area is 104 Å². The van der Waals surface area contributed by atoms with Crippen molar-refractivity contribution in [2.24, 2.45) is 0 Å². The van der Waals surface area contributed by atoms with Crippen LogP contribution in [0.3, 0.4) is 0 Å². The van der Waals surface area contributed by atoms with Gasteiger partial charge < -0.3 is 4.90 Å². The number of nitrogens with zero attached hydrogens (tertiary/aromatic N) is 1. The van der Waals surface area contributed by atoms with Crippen molar-refractivity contribution in [3.63, 3.8) is 0 Å². The van der Waals surface area contributed by atoms with Crippen LogP contribution in [0, 0.1) is 3.57 Å². The normalized spacial score (nSPS) is 9.80. The first kappa shape index (κ1) is 12.2. The predicted octanol–water partition coefficient (Wildman–Crippen LogP) is 2.94. The Morgan fingerprint density at radius 3 is 2.40 bits per heavy atom. The van der Waals surface area contributed by atoms with E-state index in [0.717, 1.165) is 14.7 Å². The van der Waals surface area contributed by atoms with Crippen LogP contribution >= 0.6 is 22.6 Å². The number of hydrogen-bond donors (Lipinski definition) is 0. The minimum absolute atomic E-state index is 0.0365. The number of amides is 1. The van der Waals surface area contributed by atoms with Crippen LogP contribution in [0.4, 0.5) is 0 Å². The Hall–Kier alpha value is -0.840. The van der Waals surface area contributed by atoms with Crippen molar-refractivity contribution in [1.82, 2.24) is 4.90 Å². The van der Waals surface area contributed by atoms with Gasteiger partial charge >= 0.3 is 0 Å². The van der Waals surface area contributed by atoms with Gasteiger partial charge in [-0.05, 0) is 53.8 Å². The second-order valence-electron chi connectivity index (χ2n) is 3.63. The molecular weight excluding hydrogens is 301 g/mol. The highest BCUT2D eigenvalue weighted by Crippen LogP contribution is 2.09. The molecule has 0 saturated heterocycles. The van der Waals surface area contributed by atoms with Crippen molar-refractivity contribution in [3.8, 4) is 0 Å². The Bertz CT molecular complexity index is 370. The van der Waals surface area contributed by atoms with Gasteiger partial charge in [-0.1, -0.05) is 12.2 Å². The first-order valence-corrected chi connectivity index (χ1v) is 5.74. The number of halogens is 1. The highest BCUT2D eigenvalue weighted by molar-refractivity contribution is 14.1. The summed E-state index contributed by atoms with van der Waals surface area (Å²) in [7, 11) is 1.79. The molecule has 0 aliphatic heterocycles. The molecule has 80 valence electrons. The molecule has 1 aromatic rings. The monoisotopic (exact) mass is 315 g/mol. The second-order valence-corrected chi connectivity index (χ2v) is 4.87. The number of hydrogen-bond acceptors (Lipinski definition) is 1. The van der Waals surface area contributed by atoms with Gasteiger partial charge in [-0.25, -0.2) is 0 Å². The van der Waals surface area contributed by atoms with Crippen molar-refractivity contribution in [1.29, 1.82) is 0 Å². The van der Waals surface area contributed by atoms with Gasteiger partial charge in [0.25, 0.3) is 5.91 Å². The summed E-state index contributed by atoms with van der Waals surface area (Å²) in [4.78, 5) is 13.5. The van der Waals surface area contributed by atoms with E-state index in [1.54, 1.807) is 11.9 Å². The Kier molecular flexibility index (Phi) is 4.32. The summed E-state index contributed by atoms with van der Waals surface area (Å²) in [5, 5.41) is 0. The SMILES string of the molecule is C=C(C)CN(C)C(=O)c1ccc(I)cc1. The van der Waals surface area contributed by atoms with Gasteiger partial charge in [0, 0.05) is 22.7 Å². The number of carbonyl (C=O) groups excluding carboxylic acids is 1. The van der Waals surface area contributed by atoms with Crippen molar-refractivity contribution in [2.45, 2.75) is 6.92 Å². The lowest BCUT2D eigenvalue weighted by atomic mass is 10.2. The zero-order valence-corrected chi connectivity index (χ0v) is 11.1. The first-order valence-electron chi connectivity index (χ1n) is 4.66. The molecule has 0 unspecified atom stereocenters. The van der Waals surface area contributed by atoms with E-state index in [9.17, 15) is 4.79 Å². The van der Waals surface area contributed by atoms with Gasteiger partial charge in [-0.15, -0.1) is 0 Å². The van der Waals surface area contributed by atoms with Crippen molar-refractivity contribution in [2.75, 3.05) is 13.6 Å². The van der Waals surface area contributed by atoms with E-state index in [0.29, 0.717) is 6.54 Å². The third-order valence-corrected chi connectivity index (χ3v) is 2.66. The molecular formula is C12H14INO. The smallest absolute Gasteiger partial charge is 0.253 e. The van der Waals surface area contributed by atoms with E-state index in [1.807, 2.05) is 31.2 Å². The number of carbonyl (C=O) groups is 1. The minimum Gasteiger partial charge on any atom is -0.338 e. The van der Waals surface area contributed by atoms with Crippen LogP contribution in [0.15, 0.2) is 36.4 Å². The second kappa shape index (κ2) is 5.30. The highest BCUT2D eigenvalue weighted by Gasteiger charge is 2.10. The Morgan fingerprint density at radius 2 is 1.93 bits per heavy atom. The fourth-order valence-corrected chi connectivity index (χ4v) is 1.65. The summed E-state index contributed by atoms with van der Waals surface area (Å²) >= 11 is 2.22. The highest BCUT2D eigenvalue weighted by atomic mass is 127. The van der Waals surface area contributed by atoms with Gasteiger partial charge in [0.1, 0.15) is 0 Å². The van der Waals surface area contributed by atoms with Crippen LogP contribution in [0.5, 0.6) is 0 Å². The lowest BCUT2D eigenvalue weighted by Crippen LogP contribution is -2.28. The zero-order valence-electron chi connectivity index (χ0n) is 8.96. The van der Waals surface area contributed by atoms with Crippen molar-refractivity contribution in [3.05, 3.63) is 45.6 Å². The van der Waals surface area contributed by atoms with E-state index in [-0.39, 0.29) is 5.91 Å². The van der Waals surface area contributed by atoms with Gasteiger partial charge in [-0.3, -0.25) is 4.79 Å². The summed E-state index contributed by atoms with van der Waals surface area (Å²) in [5.41, 5.74) is 1.70. The molecule has 1 amide bonds. The van der Waals surface area contributed by atoms with Crippen molar-refractivity contribution >= 4 is 28.5 Å². The molecule has 3 heteroatoms. The van der Waals surface area contributed by atoms with Crippen molar-refractivity contribution < 1.29 is 4.79 Å². The van der Waals surface area contributed by atoms with Gasteiger partial charge in [0.2, 0.25) is 0 Å². The van der Waals surface area contributed by atoms with Crippen LogP contribution in [0.2, 0.25) is 0 Å². The van der Waals surface area contributed by atoms with Crippen LogP contribution in [-0.2, 0) is 0 Å². The van der Waals surface area contributed by atoms with E-state index >= 15 is 0 Å². The number of rotatable bonds is 3. The molecule has 15 heavy (non-hydrogen) atoms. The summed E-state index contributed by atoms with van der Waals surface area (Å²) < 4.78 is 1.13. The molecule has 0 fully saturated rings. The third kappa shape index (κ3) is 3.66. The predicted molar refractivity (Wildman–Crippen MR) is 70.9 cm³/mol. The maximum absolute atomic E-state index is 11.9. The van der Waals surface area contributed by atoms with Gasteiger partial charge in [0.05, 0.1) is 0 Å². The van der Waals surface area contributed by atoms with E-state index in [2.05, 4.69) is 29.2 Å². The third-order valence-electron chi connectivity index (χ3n) is 1.94. The van der Waals surface area contributed by atoms with Crippen LogP contribution in [0.1, 0.15) is 17.3 Å². The summed E-state index contributed by atoms with van der Waals surface area (Å²) in [6.07, 6.45) is 0.